The number of nitrogens with zero attached hydrogens (tertiary/aromatic N) is 1. The van der Waals surface area contributed by atoms with Crippen molar-refractivity contribution in [2.24, 2.45) is 0 Å². The molecule has 168 valence electrons. The fraction of sp³-hybridized carbons (Fsp3) is 0.222. The van der Waals surface area contributed by atoms with Gasteiger partial charge in [-0.05, 0) is 55.0 Å². The molecule has 6 nitrogen and oxygen atoms in total. The molecule has 5 rings (SSSR count). The Kier molecular flexibility index (Phi) is 5.75. The first-order valence-corrected chi connectivity index (χ1v) is 11.2. The molecule has 0 saturated carbocycles. The largest absolute Gasteiger partial charge is 0.457 e. The summed E-state index contributed by atoms with van der Waals surface area (Å²) >= 11 is 0. The second-order valence-corrected chi connectivity index (χ2v) is 8.55. The Morgan fingerprint density at radius 3 is 2.30 bits per heavy atom. The first kappa shape index (κ1) is 21.1. The number of amides is 2. The topological polar surface area (TPSA) is 62.8 Å². The van der Waals surface area contributed by atoms with Crippen molar-refractivity contribution < 1.29 is 14.4 Å². The van der Waals surface area contributed by atoms with Crippen molar-refractivity contribution in [2.45, 2.75) is 25.4 Å². The van der Waals surface area contributed by atoms with Crippen LogP contribution >= 0.6 is 0 Å². The summed E-state index contributed by atoms with van der Waals surface area (Å²) in [5, 5.41) is 2.98. The lowest BCUT2D eigenvalue weighted by molar-refractivity contribution is -0.0634. The van der Waals surface area contributed by atoms with E-state index in [-0.39, 0.29) is 11.6 Å². The maximum atomic E-state index is 12.8. The smallest absolute Gasteiger partial charge is 0.321 e. The first-order chi connectivity index (χ1) is 16.1. The molecule has 2 heterocycles. The third-order valence-corrected chi connectivity index (χ3v) is 6.12. The summed E-state index contributed by atoms with van der Waals surface area (Å²) < 4.78 is 5.81. The number of nitrogens with one attached hydrogen (secondary N) is 2. The van der Waals surface area contributed by atoms with Crippen LogP contribution in [0.1, 0.15) is 24.0 Å². The quantitative estimate of drug-likeness (QED) is 0.543. The van der Waals surface area contributed by atoms with Crippen LogP contribution in [0, 0.1) is 6.92 Å². The average Bonchev–Trinajstić information content (AvgIpc) is 3.25. The summed E-state index contributed by atoms with van der Waals surface area (Å²) in [7, 11) is 0. The normalized spacial score (nSPS) is 16.8. The Hall–Kier alpha value is -3.77. The van der Waals surface area contributed by atoms with Crippen molar-refractivity contribution in [3.63, 3.8) is 0 Å². The van der Waals surface area contributed by atoms with Crippen LogP contribution in [-0.2, 0) is 4.84 Å². The number of carbonyl (C=O) groups excluding carboxylic acids is 1. The number of anilines is 1. The summed E-state index contributed by atoms with van der Waals surface area (Å²) in [4.78, 5) is 20.6. The first-order valence-electron chi connectivity index (χ1n) is 11.2. The van der Waals surface area contributed by atoms with Crippen molar-refractivity contribution in [1.82, 2.24) is 10.4 Å². The molecule has 2 N–H and O–H groups in total. The summed E-state index contributed by atoms with van der Waals surface area (Å²) in [6.45, 7) is 3.33. The molecule has 3 aromatic rings. The zero-order valence-corrected chi connectivity index (χ0v) is 18.6. The minimum Gasteiger partial charge on any atom is -0.457 e. The number of likely N-dealkylation sites (tertiary alicyclic amines) is 1. The van der Waals surface area contributed by atoms with Gasteiger partial charge in [0, 0.05) is 31.6 Å². The van der Waals surface area contributed by atoms with Crippen LogP contribution in [-0.4, -0.2) is 29.6 Å². The molecule has 2 aliphatic rings. The van der Waals surface area contributed by atoms with E-state index in [1.54, 1.807) is 0 Å². The number of carbonyl (C=O) groups is 1. The van der Waals surface area contributed by atoms with Crippen LogP contribution in [0.4, 0.5) is 10.5 Å². The molecule has 1 saturated heterocycles. The van der Waals surface area contributed by atoms with Gasteiger partial charge in [-0.15, -0.1) is 0 Å². The molecule has 0 radical (unpaired) electrons. The predicted octanol–water partition coefficient (Wildman–Crippen LogP) is 5.73. The van der Waals surface area contributed by atoms with Gasteiger partial charge in [-0.25, -0.2) is 4.79 Å². The van der Waals surface area contributed by atoms with E-state index in [4.69, 9.17) is 9.57 Å². The molecular weight excluding hydrogens is 414 g/mol. The fourth-order valence-electron chi connectivity index (χ4n) is 4.12. The van der Waals surface area contributed by atoms with Gasteiger partial charge in [0.1, 0.15) is 17.1 Å². The van der Waals surface area contributed by atoms with Gasteiger partial charge in [0.25, 0.3) is 0 Å². The number of hydroxylamine groups is 1. The number of piperidine rings is 1. The van der Waals surface area contributed by atoms with Gasteiger partial charge in [-0.3, -0.25) is 10.3 Å². The highest BCUT2D eigenvalue weighted by molar-refractivity contribution is 5.89. The monoisotopic (exact) mass is 441 g/mol. The number of benzene rings is 3. The van der Waals surface area contributed by atoms with E-state index in [0.717, 1.165) is 41.3 Å². The molecule has 1 spiro atoms. The van der Waals surface area contributed by atoms with E-state index in [1.165, 1.54) is 5.56 Å². The Balaban J connectivity index is 1.15. The third-order valence-electron chi connectivity index (χ3n) is 6.12. The maximum absolute atomic E-state index is 12.8. The highest BCUT2D eigenvalue weighted by Gasteiger charge is 2.39. The van der Waals surface area contributed by atoms with Gasteiger partial charge in [0.05, 0.1) is 5.70 Å². The van der Waals surface area contributed by atoms with Crippen LogP contribution in [0.2, 0.25) is 0 Å². The van der Waals surface area contributed by atoms with Gasteiger partial charge in [-0.2, -0.15) is 0 Å². The van der Waals surface area contributed by atoms with E-state index in [0.29, 0.717) is 13.1 Å². The number of hydrogen-bond donors (Lipinski definition) is 2. The van der Waals surface area contributed by atoms with E-state index in [2.05, 4.69) is 48.1 Å². The Morgan fingerprint density at radius 1 is 0.939 bits per heavy atom. The highest BCUT2D eigenvalue weighted by atomic mass is 16.7. The molecule has 0 atom stereocenters. The Labute approximate surface area is 193 Å². The summed E-state index contributed by atoms with van der Waals surface area (Å²) in [6, 6.07) is 25.3. The minimum absolute atomic E-state index is 0.102. The second-order valence-electron chi connectivity index (χ2n) is 8.55. The number of para-hydroxylation sites is 1. The number of hydrogen-bond acceptors (Lipinski definition) is 4. The SMILES string of the molecule is Cc1ccc(C2=CC3(CCN(C(=O)Nc4ccc(Oc5ccccc5)cc4)CC3)ON2)cc1. The molecule has 2 aliphatic heterocycles. The lowest BCUT2D eigenvalue weighted by Crippen LogP contribution is -2.48. The minimum atomic E-state index is -0.368. The van der Waals surface area contributed by atoms with Crippen LogP contribution < -0.4 is 15.5 Å². The maximum Gasteiger partial charge on any atom is 0.321 e. The molecule has 2 amide bonds. The molecule has 0 aliphatic carbocycles. The zero-order valence-electron chi connectivity index (χ0n) is 18.6. The summed E-state index contributed by atoms with van der Waals surface area (Å²) in [5.41, 5.74) is 6.79. The molecule has 0 aromatic heterocycles. The van der Waals surface area contributed by atoms with Gasteiger partial charge >= 0.3 is 6.03 Å². The van der Waals surface area contributed by atoms with Crippen molar-refractivity contribution in [3.8, 4) is 11.5 Å². The van der Waals surface area contributed by atoms with Crippen molar-refractivity contribution >= 4 is 17.4 Å². The molecule has 0 bridgehead atoms. The number of ether oxygens (including phenoxy) is 1. The van der Waals surface area contributed by atoms with Crippen molar-refractivity contribution in [1.29, 1.82) is 0 Å². The molecule has 1 fully saturated rings. The van der Waals surface area contributed by atoms with Gasteiger partial charge < -0.3 is 15.0 Å². The molecule has 33 heavy (non-hydrogen) atoms. The number of rotatable bonds is 4. The second kappa shape index (κ2) is 9.00. The van der Waals surface area contributed by atoms with E-state index in [1.807, 2.05) is 59.5 Å². The van der Waals surface area contributed by atoms with Gasteiger partial charge in [-0.1, -0.05) is 48.0 Å². The Morgan fingerprint density at radius 2 is 1.61 bits per heavy atom. The van der Waals surface area contributed by atoms with Crippen LogP contribution in [0.5, 0.6) is 11.5 Å². The Bertz CT molecular complexity index is 1130. The standard InChI is InChI=1S/C27H27N3O3/c1-20-7-9-21(10-8-20)25-19-27(33-29-25)15-17-30(18-16-27)26(31)28-22-11-13-24(14-12-22)32-23-5-3-2-4-6-23/h2-14,19,29H,15-18H2,1H3,(H,28,31). The summed E-state index contributed by atoms with van der Waals surface area (Å²) in [5.74, 6) is 1.50. The van der Waals surface area contributed by atoms with Crippen molar-refractivity contribution in [3.05, 3.63) is 96.1 Å². The molecular formula is C27H27N3O3. The number of aryl methyl sites for hydroxylation is 1. The molecule has 0 unspecified atom stereocenters. The van der Waals surface area contributed by atoms with E-state index in [9.17, 15) is 4.79 Å². The lowest BCUT2D eigenvalue weighted by atomic mass is 9.90. The number of urea groups is 1. The van der Waals surface area contributed by atoms with E-state index < -0.39 is 0 Å². The average molecular weight is 442 g/mol. The van der Waals surface area contributed by atoms with Crippen LogP contribution in [0.15, 0.2) is 84.9 Å². The van der Waals surface area contributed by atoms with Gasteiger partial charge in [0.2, 0.25) is 0 Å². The zero-order chi connectivity index (χ0) is 22.7. The van der Waals surface area contributed by atoms with E-state index >= 15 is 0 Å². The van der Waals surface area contributed by atoms with Crippen LogP contribution in [0.3, 0.4) is 0 Å². The predicted molar refractivity (Wildman–Crippen MR) is 129 cm³/mol. The molecule has 3 aromatic carbocycles. The van der Waals surface area contributed by atoms with Crippen LogP contribution in [0.25, 0.3) is 5.70 Å². The lowest BCUT2D eigenvalue weighted by Gasteiger charge is -2.36. The van der Waals surface area contributed by atoms with Crippen molar-refractivity contribution in [2.75, 3.05) is 18.4 Å². The summed E-state index contributed by atoms with van der Waals surface area (Å²) in [6.07, 6.45) is 3.65. The van der Waals surface area contributed by atoms with Gasteiger partial charge in [0.15, 0.2) is 0 Å². The highest BCUT2D eigenvalue weighted by Crippen LogP contribution is 2.35. The third kappa shape index (κ3) is 4.86. The fourth-order valence-corrected chi connectivity index (χ4v) is 4.12. The molecule has 6 heteroatoms.